The van der Waals surface area contributed by atoms with Crippen LogP contribution in [-0.4, -0.2) is 28.0 Å². The van der Waals surface area contributed by atoms with E-state index < -0.39 is 34.7 Å². The van der Waals surface area contributed by atoms with E-state index in [0.29, 0.717) is 10.6 Å². The Labute approximate surface area is 147 Å². The van der Waals surface area contributed by atoms with Crippen molar-refractivity contribution in [3.05, 3.63) is 52.1 Å². The summed E-state index contributed by atoms with van der Waals surface area (Å²) in [7, 11) is 0. The molecule has 26 heavy (non-hydrogen) atoms. The highest BCUT2D eigenvalue weighted by Crippen LogP contribution is 2.52. The first-order valence-electron chi connectivity index (χ1n) is 8.10. The minimum absolute atomic E-state index is 0.0196. The molecule has 2 aliphatic carbocycles. The van der Waals surface area contributed by atoms with Crippen LogP contribution in [0.2, 0.25) is 0 Å². The van der Waals surface area contributed by atoms with Gasteiger partial charge in [0.1, 0.15) is 6.61 Å². The van der Waals surface area contributed by atoms with E-state index in [1.807, 2.05) is 12.2 Å². The molecule has 1 aromatic carbocycles. The average molecular weight is 358 g/mol. The van der Waals surface area contributed by atoms with E-state index in [-0.39, 0.29) is 24.1 Å². The predicted octanol–water partition coefficient (Wildman–Crippen LogP) is 1.97. The second-order valence-corrected chi connectivity index (χ2v) is 6.52. The number of benzene rings is 1. The zero-order chi connectivity index (χ0) is 18.4. The third-order valence-corrected chi connectivity index (χ3v) is 5.10. The maximum atomic E-state index is 12.4. The summed E-state index contributed by atoms with van der Waals surface area (Å²) in [5.41, 5.74) is 0.421. The maximum absolute atomic E-state index is 12.4. The summed E-state index contributed by atoms with van der Waals surface area (Å²) in [6.07, 6.45) is 3.48. The van der Waals surface area contributed by atoms with Gasteiger partial charge in [-0.3, -0.25) is 24.5 Å². The van der Waals surface area contributed by atoms with Gasteiger partial charge >= 0.3 is 6.16 Å². The summed E-state index contributed by atoms with van der Waals surface area (Å²) in [5, 5.41) is 11.1. The molecule has 0 radical (unpaired) electrons. The van der Waals surface area contributed by atoms with Crippen LogP contribution in [0.25, 0.3) is 0 Å². The monoisotopic (exact) mass is 358 g/mol. The summed E-state index contributed by atoms with van der Waals surface area (Å²) >= 11 is 0. The third kappa shape index (κ3) is 2.52. The fraction of sp³-hybridized carbons (Fsp3) is 0.353. The number of rotatable bonds is 4. The number of hydrogen-bond donors (Lipinski definition) is 0. The van der Waals surface area contributed by atoms with Gasteiger partial charge in [0.15, 0.2) is 0 Å². The van der Waals surface area contributed by atoms with Crippen molar-refractivity contribution in [2.75, 3.05) is 0 Å². The zero-order valence-electron chi connectivity index (χ0n) is 13.4. The number of imide groups is 1. The lowest BCUT2D eigenvalue weighted by atomic mass is 9.85. The Morgan fingerprint density at radius 2 is 1.69 bits per heavy atom. The number of hydroxylamine groups is 2. The van der Waals surface area contributed by atoms with E-state index in [1.165, 1.54) is 24.3 Å². The van der Waals surface area contributed by atoms with Crippen LogP contribution in [0, 0.1) is 33.8 Å². The molecule has 2 amide bonds. The molecule has 1 aliphatic heterocycles. The molecule has 1 saturated heterocycles. The molecule has 134 valence electrons. The van der Waals surface area contributed by atoms with Crippen LogP contribution in [0.1, 0.15) is 12.0 Å². The van der Waals surface area contributed by atoms with Gasteiger partial charge in [-0.15, -0.1) is 0 Å². The van der Waals surface area contributed by atoms with E-state index >= 15 is 0 Å². The minimum atomic E-state index is -1.18. The first-order chi connectivity index (χ1) is 12.5. The van der Waals surface area contributed by atoms with Crippen molar-refractivity contribution in [2.24, 2.45) is 23.7 Å². The summed E-state index contributed by atoms with van der Waals surface area (Å²) in [4.78, 5) is 51.4. The van der Waals surface area contributed by atoms with Crippen LogP contribution in [0.15, 0.2) is 36.4 Å². The maximum Gasteiger partial charge on any atom is 0.534 e. The van der Waals surface area contributed by atoms with Crippen molar-refractivity contribution in [3.8, 4) is 0 Å². The Morgan fingerprint density at radius 3 is 2.23 bits per heavy atom. The van der Waals surface area contributed by atoms with Crippen molar-refractivity contribution in [2.45, 2.75) is 13.0 Å². The van der Waals surface area contributed by atoms with Gasteiger partial charge in [-0.2, -0.15) is 0 Å². The Kier molecular flexibility index (Phi) is 3.71. The number of amides is 2. The SMILES string of the molecule is O=C(OCc1ccc([N+](=O)[O-])cc1)ON1C(=O)[C@@H]2[C@H]3C=CC(C3)[C@@H]2C1=O. The van der Waals surface area contributed by atoms with Crippen molar-refractivity contribution in [3.63, 3.8) is 0 Å². The number of nitrogens with zero attached hydrogens (tertiary/aromatic N) is 2. The van der Waals surface area contributed by atoms with Gasteiger partial charge in [-0.05, 0) is 36.0 Å². The topological polar surface area (TPSA) is 116 Å². The van der Waals surface area contributed by atoms with E-state index in [2.05, 4.69) is 0 Å². The first-order valence-corrected chi connectivity index (χ1v) is 8.10. The predicted molar refractivity (Wildman–Crippen MR) is 83.9 cm³/mol. The molecule has 9 nitrogen and oxygen atoms in total. The van der Waals surface area contributed by atoms with Crippen LogP contribution >= 0.6 is 0 Å². The fourth-order valence-corrected chi connectivity index (χ4v) is 3.92. The smallest absolute Gasteiger partial charge is 0.428 e. The normalized spacial score (nSPS) is 28.4. The molecule has 2 fully saturated rings. The molecule has 4 rings (SSSR count). The van der Waals surface area contributed by atoms with Crippen LogP contribution < -0.4 is 0 Å². The lowest BCUT2D eigenvalue weighted by molar-refractivity contribution is -0.384. The molecule has 1 aromatic rings. The molecule has 1 unspecified atom stereocenters. The van der Waals surface area contributed by atoms with Crippen molar-refractivity contribution >= 4 is 23.7 Å². The molecule has 0 spiro atoms. The lowest BCUT2D eigenvalue weighted by Crippen LogP contribution is -2.35. The Balaban J connectivity index is 1.35. The van der Waals surface area contributed by atoms with Crippen LogP contribution in [0.5, 0.6) is 0 Å². The van der Waals surface area contributed by atoms with Crippen LogP contribution in [-0.2, 0) is 25.8 Å². The highest BCUT2D eigenvalue weighted by Gasteiger charge is 2.61. The zero-order valence-corrected chi connectivity index (χ0v) is 13.4. The molecule has 0 N–H and O–H groups in total. The molecule has 4 atom stereocenters. The van der Waals surface area contributed by atoms with E-state index in [4.69, 9.17) is 9.57 Å². The highest BCUT2D eigenvalue weighted by atomic mass is 16.8. The van der Waals surface area contributed by atoms with Gasteiger partial charge in [0.25, 0.3) is 17.5 Å². The standard InChI is InChI=1S/C17H14N2O7/c20-15-13-10-3-4-11(7-10)14(13)16(21)18(15)26-17(22)25-8-9-1-5-12(6-2-9)19(23)24/h1-6,10-11,13-14H,7-8H2/t10-,11?,13+,14-/m0/s1. The average Bonchev–Trinajstić information content (AvgIpc) is 3.30. The quantitative estimate of drug-likeness (QED) is 0.265. The van der Waals surface area contributed by atoms with Crippen molar-refractivity contribution < 1.29 is 28.9 Å². The second kappa shape index (κ2) is 5.94. The third-order valence-electron chi connectivity index (χ3n) is 5.10. The number of ether oxygens (including phenoxy) is 1. The molecular weight excluding hydrogens is 344 g/mol. The summed E-state index contributed by atoms with van der Waals surface area (Å²) in [5.74, 6) is -1.90. The van der Waals surface area contributed by atoms with Crippen LogP contribution in [0.3, 0.4) is 0 Å². The number of non-ortho nitro benzene ring substituents is 1. The van der Waals surface area contributed by atoms with Gasteiger partial charge in [0, 0.05) is 12.1 Å². The molecule has 1 saturated carbocycles. The van der Waals surface area contributed by atoms with Gasteiger partial charge in [-0.25, -0.2) is 4.79 Å². The van der Waals surface area contributed by atoms with Crippen LogP contribution in [0.4, 0.5) is 10.5 Å². The molecular formula is C17H14N2O7. The van der Waals surface area contributed by atoms with Gasteiger partial charge in [0.2, 0.25) is 0 Å². The fourth-order valence-electron chi connectivity index (χ4n) is 3.92. The van der Waals surface area contributed by atoms with Gasteiger partial charge < -0.3 is 4.74 Å². The lowest BCUT2D eigenvalue weighted by Gasteiger charge is -2.15. The van der Waals surface area contributed by atoms with E-state index in [1.54, 1.807) is 0 Å². The van der Waals surface area contributed by atoms with Gasteiger partial charge in [0.05, 0.1) is 16.8 Å². The molecule has 9 heteroatoms. The number of nitro groups is 1. The summed E-state index contributed by atoms with van der Waals surface area (Å²) in [6, 6.07) is 5.43. The molecule has 2 bridgehead atoms. The molecule has 0 aromatic heterocycles. The number of carbonyl (C=O) groups excluding carboxylic acids is 3. The molecule has 1 heterocycles. The number of allylic oxidation sites excluding steroid dienone is 2. The minimum Gasteiger partial charge on any atom is -0.428 e. The number of hydrogen-bond acceptors (Lipinski definition) is 7. The summed E-state index contributed by atoms with van der Waals surface area (Å²) < 4.78 is 4.89. The van der Waals surface area contributed by atoms with Crippen molar-refractivity contribution in [1.29, 1.82) is 0 Å². The molecule has 3 aliphatic rings. The summed E-state index contributed by atoms with van der Waals surface area (Å²) in [6.45, 7) is -0.202. The Morgan fingerprint density at radius 1 is 1.12 bits per heavy atom. The first kappa shape index (κ1) is 16.2. The Bertz CT molecular complexity index is 802. The van der Waals surface area contributed by atoms with E-state index in [0.717, 1.165) is 6.42 Å². The number of nitro benzene ring substituents is 1. The number of fused-ring (bicyclic) bond motifs is 5. The highest BCUT2D eigenvalue weighted by molar-refractivity contribution is 6.05. The second-order valence-electron chi connectivity index (χ2n) is 6.52. The largest absolute Gasteiger partial charge is 0.534 e. The van der Waals surface area contributed by atoms with E-state index in [9.17, 15) is 24.5 Å². The van der Waals surface area contributed by atoms with Crippen molar-refractivity contribution in [1.82, 2.24) is 5.06 Å². The van der Waals surface area contributed by atoms with Gasteiger partial charge in [-0.1, -0.05) is 17.2 Å². The Hall–Kier alpha value is -3.23. The number of carbonyl (C=O) groups is 3.